The third-order valence-corrected chi connectivity index (χ3v) is 7.60. The van der Waals surface area contributed by atoms with Crippen molar-refractivity contribution in [1.29, 1.82) is 0 Å². The van der Waals surface area contributed by atoms with Crippen LogP contribution in [0, 0.1) is 5.92 Å². The van der Waals surface area contributed by atoms with E-state index in [2.05, 4.69) is 17.6 Å². The average molecular weight is 416 g/mol. The molecule has 6 nitrogen and oxygen atoms in total. The van der Waals surface area contributed by atoms with E-state index in [1.165, 1.54) is 6.07 Å². The molecule has 2 heterocycles. The molecular formula is C19H30ClN3O3S. The van der Waals surface area contributed by atoms with Crippen molar-refractivity contribution in [2.24, 2.45) is 5.92 Å². The summed E-state index contributed by atoms with van der Waals surface area (Å²) in [5.41, 5.74) is 0.397. The molecule has 3 unspecified atom stereocenters. The number of rotatable bonds is 4. The highest BCUT2D eigenvalue weighted by molar-refractivity contribution is 7.89. The molecule has 0 aromatic heterocycles. The van der Waals surface area contributed by atoms with Gasteiger partial charge in [-0.05, 0) is 56.8 Å². The Kier molecular flexibility index (Phi) is 7.68. The number of amides is 1. The van der Waals surface area contributed by atoms with Crippen molar-refractivity contribution in [1.82, 2.24) is 14.9 Å². The Hall–Kier alpha value is -1.15. The Morgan fingerprint density at radius 2 is 2.00 bits per heavy atom. The summed E-state index contributed by atoms with van der Waals surface area (Å²) in [6.45, 7) is 6.34. The highest BCUT2D eigenvalue weighted by Gasteiger charge is 2.31. The standard InChI is InChI=1S/C19H29N3O3S.ClH/c1-14-9-10-20-13-18(14)21-19(23)16-7-5-8-17(12-16)26(24,25)22-11-4-3-6-15(22)2;/h5,7-8,12,14-15,18,20H,3-4,6,9-11,13H2,1-2H3,(H,21,23);1H. The molecule has 0 saturated carbocycles. The van der Waals surface area contributed by atoms with Crippen LogP contribution in [0.5, 0.6) is 0 Å². The van der Waals surface area contributed by atoms with Crippen LogP contribution >= 0.6 is 12.4 Å². The van der Waals surface area contributed by atoms with Crippen LogP contribution in [0.15, 0.2) is 29.2 Å². The number of nitrogens with zero attached hydrogens (tertiary/aromatic N) is 1. The lowest BCUT2D eigenvalue weighted by atomic mass is 9.94. The summed E-state index contributed by atoms with van der Waals surface area (Å²) in [5, 5.41) is 6.33. The first-order chi connectivity index (χ1) is 12.4. The number of carbonyl (C=O) groups is 1. The Bertz CT molecular complexity index is 756. The second kappa shape index (κ2) is 9.37. The number of halogens is 1. The number of benzene rings is 1. The lowest BCUT2D eigenvalue weighted by molar-refractivity contribution is 0.0915. The summed E-state index contributed by atoms with van der Waals surface area (Å²) in [7, 11) is -3.57. The zero-order chi connectivity index (χ0) is 18.7. The van der Waals surface area contributed by atoms with Crippen molar-refractivity contribution in [2.45, 2.75) is 56.5 Å². The summed E-state index contributed by atoms with van der Waals surface area (Å²) in [5.74, 6) is 0.190. The van der Waals surface area contributed by atoms with E-state index in [-0.39, 0.29) is 35.3 Å². The monoisotopic (exact) mass is 415 g/mol. The second-order valence-corrected chi connectivity index (χ2v) is 9.43. The summed E-state index contributed by atoms with van der Waals surface area (Å²) in [6.07, 6.45) is 3.84. The number of nitrogens with one attached hydrogen (secondary N) is 2. The molecule has 2 aliphatic rings. The zero-order valence-corrected chi connectivity index (χ0v) is 17.6. The highest BCUT2D eigenvalue weighted by Crippen LogP contribution is 2.25. The van der Waals surface area contributed by atoms with Gasteiger partial charge in [0.05, 0.1) is 4.90 Å². The Morgan fingerprint density at radius 1 is 1.22 bits per heavy atom. The summed E-state index contributed by atoms with van der Waals surface area (Å²) in [4.78, 5) is 12.8. The molecule has 2 N–H and O–H groups in total. The number of hydrogen-bond donors (Lipinski definition) is 2. The van der Waals surface area contributed by atoms with Crippen LogP contribution in [0.2, 0.25) is 0 Å². The molecule has 0 radical (unpaired) electrons. The fourth-order valence-electron chi connectivity index (χ4n) is 3.80. The molecule has 0 bridgehead atoms. The van der Waals surface area contributed by atoms with Crippen LogP contribution in [0.25, 0.3) is 0 Å². The molecule has 3 rings (SSSR count). The zero-order valence-electron chi connectivity index (χ0n) is 16.0. The van der Waals surface area contributed by atoms with Gasteiger partial charge in [-0.25, -0.2) is 8.42 Å². The lowest BCUT2D eigenvalue weighted by Crippen LogP contribution is -2.50. The minimum Gasteiger partial charge on any atom is -0.348 e. The molecule has 1 aromatic rings. The minimum absolute atomic E-state index is 0. The maximum atomic E-state index is 13.0. The smallest absolute Gasteiger partial charge is 0.251 e. The van der Waals surface area contributed by atoms with Gasteiger partial charge in [-0.2, -0.15) is 4.31 Å². The molecule has 2 saturated heterocycles. The summed E-state index contributed by atoms with van der Waals surface area (Å²) in [6, 6.07) is 6.48. The second-order valence-electron chi connectivity index (χ2n) is 7.54. The number of sulfonamides is 1. The molecule has 3 atom stereocenters. The summed E-state index contributed by atoms with van der Waals surface area (Å²) < 4.78 is 27.6. The topological polar surface area (TPSA) is 78.5 Å². The summed E-state index contributed by atoms with van der Waals surface area (Å²) >= 11 is 0. The molecule has 1 amide bonds. The molecule has 152 valence electrons. The predicted octanol–water partition coefficient (Wildman–Crippen LogP) is 2.40. The fourth-order valence-corrected chi connectivity index (χ4v) is 5.54. The average Bonchev–Trinajstić information content (AvgIpc) is 2.64. The molecule has 2 aliphatic heterocycles. The molecule has 2 fully saturated rings. The van der Waals surface area contributed by atoms with Gasteiger partial charge in [0, 0.05) is 30.7 Å². The Labute approximate surface area is 168 Å². The SMILES string of the molecule is CC1CCNCC1NC(=O)c1cccc(S(=O)(=O)N2CCCCC2C)c1.Cl. The van der Waals surface area contributed by atoms with Crippen molar-refractivity contribution in [3.8, 4) is 0 Å². The fraction of sp³-hybridized carbons (Fsp3) is 0.632. The van der Waals surface area contributed by atoms with Crippen molar-refractivity contribution >= 4 is 28.3 Å². The normalized spacial score (nSPS) is 26.8. The van der Waals surface area contributed by atoms with Crippen LogP contribution in [0.3, 0.4) is 0 Å². The predicted molar refractivity (Wildman–Crippen MR) is 109 cm³/mol. The van der Waals surface area contributed by atoms with Gasteiger partial charge in [-0.1, -0.05) is 19.4 Å². The van der Waals surface area contributed by atoms with Crippen molar-refractivity contribution < 1.29 is 13.2 Å². The first-order valence-electron chi connectivity index (χ1n) is 9.53. The van der Waals surface area contributed by atoms with Gasteiger partial charge >= 0.3 is 0 Å². The molecule has 0 aliphatic carbocycles. The van der Waals surface area contributed by atoms with Crippen LogP contribution in [0.4, 0.5) is 0 Å². The van der Waals surface area contributed by atoms with E-state index in [1.54, 1.807) is 22.5 Å². The van der Waals surface area contributed by atoms with Gasteiger partial charge in [0.1, 0.15) is 0 Å². The molecule has 1 aromatic carbocycles. The van der Waals surface area contributed by atoms with Gasteiger partial charge in [-0.3, -0.25) is 4.79 Å². The van der Waals surface area contributed by atoms with Crippen molar-refractivity contribution in [3.63, 3.8) is 0 Å². The van der Waals surface area contributed by atoms with E-state index in [4.69, 9.17) is 0 Å². The van der Waals surface area contributed by atoms with Gasteiger partial charge < -0.3 is 10.6 Å². The molecule has 27 heavy (non-hydrogen) atoms. The quantitative estimate of drug-likeness (QED) is 0.791. The first-order valence-corrected chi connectivity index (χ1v) is 11.0. The maximum Gasteiger partial charge on any atom is 0.251 e. The van der Waals surface area contributed by atoms with E-state index < -0.39 is 10.0 Å². The molecule has 0 spiro atoms. The molecular weight excluding hydrogens is 386 g/mol. The van der Waals surface area contributed by atoms with Crippen LogP contribution in [0.1, 0.15) is 49.9 Å². The number of piperidine rings is 2. The number of hydrogen-bond acceptors (Lipinski definition) is 4. The third kappa shape index (κ3) is 5.02. The van der Waals surface area contributed by atoms with Gasteiger partial charge in [0.25, 0.3) is 5.91 Å². The van der Waals surface area contributed by atoms with Crippen LogP contribution < -0.4 is 10.6 Å². The van der Waals surface area contributed by atoms with Gasteiger partial charge in [0.15, 0.2) is 0 Å². The first kappa shape index (κ1) is 22.1. The van der Waals surface area contributed by atoms with E-state index in [9.17, 15) is 13.2 Å². The van der Waals surface area contributed by atoms with Crippen LogP contribution in [-0.4, -0.2) is 50.3 Å². The van der Waals surface area contributed by atoms with Crippen molar-refractivity contribution in [3.05, 3.63) is 29.8 Å². The lowest BCUT2D eigenvalue weighted by Gasteiger charge is -2.32. The van der Waals surface area contributed by atoms with E-state index >= 15 is 0 Å². The highest BCUT2D eigenvalue weighted by atomic mass is 35.5. The van der Waals surface area contributed by atoms with Gasteiger partial charge in [-0.15, -0.1) is 12.4 Å². The van der Waals surface area contributed by atoms with E-state index in [0.717, 1.165) is 38.8 Å². The van der Waals surface area contributed by atoms with E-state index in [1.807, 2.05) is 6.92 Å². The number of carbonyl (C=O) groups excluding carboxylic acids is 1. The van der Waals surface area contributed by atoms with Crippen LogP contribution in [-0.2, 0) is 10.0 Å². The van der Waals surface area contributed by atoms with Crippen molar-refractivity contribution in [2.75, 3.05) is 19.6 Å². The van der Waals surface area contributed by atoms with Gasteiger partial charge in [0.2, 0.25) is 10.0 Å². The Balaban J connectivity index is 0.00000261. The van der Waals surface area contributed by atoms with E-state index in [0.29, 0.717) is 18.0 Å². The molecule has 8 heteroatoms. The largest absolute Gasteiger partial charge is 0.348 e. The third-order valence-electron chi connectivity index (χ3n) is 5.59. The minimum atomic E-state index is -3.57. The maximum absolute atomic E-state index is 13.0. The Morgan fingerprint density at radius 3 is 2.70 bits per heavy atom.